The van der Waals surface area contributed by atoms with Crippen molar-refractivity contribution >= 4 is 18.1 Å². The lowest BCUT2D eigenvalue weighted by atomic mass is 9.98. The fourth-order valence-corrected chi connectivity index (χ4v) is 3.89. The highest BCUT2D eigenvalue weighted by atomic mass is 16.7. The Balaban J connectivity index is 1.40. The number of benzene rings is 5. The highest BCUT2D eigenvalue weighted by Crippen LogP contribution is 2.30. The smallest absolute Gasteiger partial charge is 0.490 e. The van der Waals surface area contributed by atoms with Gasteiger partial charge in [-0.15, -0.1) is 0 Å². The second-order valence-corrected chi connectivity index (χ2v) is 8.27. The standard InChI is InChI=1S/C30H25BO3/c1-22-14-18-26(19-15-22)32-31(34-30-13-6-3-8-23(30)2)33-27-20-16-25(17-21-27)29-12-7-10-24-9-4-5-11-28(24)29/h3-21H,1-2H3. The maximum absolute atomic E-state index is 6.14. The first-order valence-electron chi connectivity index (χ1n) is 11.4. The Kier molecular flexibility index (Phi) is 6.22. The van der Waals surface area contributed by atoms with Crippen LogP contribution in [0.2, 0.25) is 0 Å². The Bertz CT molecular complexity index is 1390. The van der Waals surface area contributed by atoms with Crippen LogP contribution in [0.5, 0.6) is 17.2 Å². The molecule has 0 fully saturated rings. The summed E-state index contributed by atoms with van der Waals surface area (Å²) in [5.74, 6) is 2.05. The summed E-state index contributed by atoms with van der Waals surface area (Å²) in [6.07, 6.45) is 0. The third kappa shape index (κ3) is 4.92. The third-order valence-electron chi connectivity index (χ3n) is 5.76. The molecule has 5 aromatic carbocycles. The van der Waals surface area contributed by atoms with Crippen LogP contribution in [0.4, 0.5) is 0 Å². The van der Waals surface area contributed by atoms with Crippen LogP contribution in [-0.2, 0) is 0 Å². The van der Waals surface area contributed by atoms with Gasteiger partial charge >= 0.3 is 7.32 Å². The topological polar surface area (TPSA) is 27.7 Å². The van der Waals surface area contributed by atoms with E-state index < -0.39 is 7.32 Å². The van der Waals surface area contributed by atoms with Crippen molar-refractivity contribution in [3.8, 4) is 28.4 Å². The maximum Gasteiger partial charge on any atom is 0.864 e. The van der Waals surface area contributed by atoms with E-state index in [0.717, 1.165) is 16.7 Å². The number of aryl methyl sites for hydroxylation is 2. The van der Waals surface area contributed by atoms with E-state index in [-0.39, 0.29) is 0 Å². The summed E-state index contributed by atoms with van der Waals surface area (Å²) in [5.41, 5.74) is 4.48. The molecule has 0 aliphatic heterocycles. The largest absolute Gasteiger partial charge is 0.864 e. The average molecular weight is 444 g/mol. The second-order valence-electron chi connectivity index (χ2n) is 8.27. The molecule has 4 heteroatoms. The molecule has 0 aliphatic rings. The summed E-state index contributed by atoms with van der Waals surface area (Å²) >= 11 is 0. The van der Waals surface area contributed by atoms with Crippen molar-refractivity contribution in [2.75, 3.05) is 0 Å². The van der Waals surface area contributed by atoms with Gasteiger partial charge in [-0.2, -0.15) is 0 Å². The summed E-state index contributed by atoms with van der Waals surface area (Å²) < 4.78 is 18.3. The molecule has 166 valence electrons. The lowest BCUT2D eigenvalue weighted by Crippen LogP contribution is -2.37. The van der Waals surface area contributed by atoms with Gasteiger partial charge in [0.05, 0.1) is 0 Å². The van der Waals surface area contributed by atoms with Crippen molar-refractivity contribution in [2.45, 2.75) is 13.8 Å². The molecular formula is C30H25BO3. The van der Waals surface area contributed by atoms with E-state index in [1.54, 1.807) is 0 Å². The van der Waals surface area contributed by atoms with Gasteiger partial charge in [0, 0.05) is 0 Å². The maximum atomic E-state index is 6.14. The molecule has 0 aromatic heterocycles. The lowest BCUT2D eigenvalue weighted by Gasteiger charge is -2.18. The van der Waals surface area contributed by atoms with Gasteiger partial charge in [-0.25, -0.2) is 0 Å². The zero-order valence-electron chi connectivity index (χ0n) is 19.3. The first kappa shape index (κ1) is 21.7. The Morgan fingerprint density at radius 3 is 1.88 bits per heavy atom. The van der Waals surface area contributed by atoms with Gasteiger partial charge in [-0.1, -0.05) is 90.5 Å². The molecule has 0 unspecified atom stereocenters. The minimum Gasteiger partial charge on any atom is -0.490 e. The van der Waals surface area contributed by atoms with E-state index in [2.05, 4.69) is 54.6 Å². The van der Waals surface area contributed by atoms with Gasteiger partial charge in [0.2, 0.25) is 0 Å². The Morgan fingerprint density at radius 1 is 0.529 bits per heavy atom. The van der Waals surface area contributed by atoms with Crippen molar-refractivity contribution in [2.24, 2.45) is 0 Å². The molecule has 0 saturated heterocycles. The van der Waals surface area contributed by atoms with Crippen LogP contribution < -0.4 is 14.0 Å². The molecule has 0 atom stereocenters. The fourth-order valence-electron chi connectivity index (χ4n) is 3.89. The first-order valence-corrected chi connectivity index (χ1v) is 11.4. The quantitative estimate of drug-likeness (QED) is 0.241. The molecule has 0 radical (unpaired) electrons. The number of hydrogen-bond donors (Lipinski definition) is 0. The molecule has 0 bridgehead atoms. The van der Waals surface area contributed by atoms with Gasteiger partial charge in [0.15, 0.2) is 0 Å². The Hall–Kier alpha value is -4.18. The van der Waals surface area contributed by atoms with Crippen LogP contribution in [0.15, 0.2) is 115 Å². The molecule has 0 N–H and O–H groups in total. The number of hydrogen-bond acceptors (Lipinski definition) is 3. The molecule has 3 nitrogen and oxygen atoms in total. The molecule has 34 heavy (non-hydrogen) atoms. The summed E-state index contributed by atoms with van der Waals surface area (Å²) in [6.45, 7) is 4.04. The van der Waals surface area contributed by atoms with Crippen molar-refractivity contribution in [3.63, 3.8) is 0 Å². The van der Waals surface area contributed by atoms with Gasteiger partial charge in [-0.05, 0) is 71.6 Å². The van der Waals surface area contributed by atoms with Crippen LogP contribution in [-0.4, -0.2) is 7.32 Å². The van der Waals surface area contributed by atoms with Gasteiger partial charge < -0.3 is 14.0 Å². The minimum atomic E-state index is -0.938. The van der Waals surface area contributed by atoms with E-state index in [0.29, 0.717) is 17.2 Å². The number of rotatable bonds is 7. The monoisotopic (exact) mass is 444 g/mol. The molecule has 0 spiro atoms. The van der Waals surface area contributed by atoms with Gasteiger partial charge in [0.25, 0.3) is 0 Å². The fraction of sp³-hybridized carbons (Fsp3) is 0.0667. The van der Waals surface area contributed by atoms with Gasteiger partial charge in [0.1, 0.15) is 17.2 Å². The van der Waals surface area contributed by atoms with Crippen molar-refractivity contribution in [1.29, 1.82) is 0 Å². The third-order valence-corrected chi connectivity index (χ3v) is 5.76. The van der Waals surface area contributed by atoms with Gasteiger partial charge in [-0.3, -0.25) is 0 Å². The SMILES string of the molecule is Cc1ccc(OB(Oc2ccc(-c3cccc4ccccc34)cc2)Oc2ccccc2C)cc1. The molecule has 5 aromatic rings. The predicted molar refractivity (Wildman–Crippen MR) is 139 cm³/mol. The Labute approximate surface area is 200 Å². The highest BCUT2D eigenvalue weighted by molar-refractivity contribution is 6.39. The zero-order chi connectivity index (χ0) is 23.3. The van der Waals surface area contributed by atoms with Crippen LogP contribution >= 0.6 is 0 Å². The lowest BCUT2D eigenvalue weighted by molar-refractivity contribution is 0.306. The predicted octanol–water partition coefficient (Wildman–Crippen LogP) is 7.65. The molecule has 0 heterocycles. The van der Waals surface area contributed by atoms with E-state index in [4.69, 9.17) is 14.0 Å². The Morgan fingerprint density at radius 2 is 1.15 bits per heavy atom. The van der Waals surface area contributed by atoms with Crippen LogP contribution in [0.3, 0.4) is 0 Å². The van der Waals surface area contributed by atoms with Crippen molar-refractivity contribution in [3.05, 3.63) is 126 Å². The number of fused-ring (bicyclic) bond motifs is 1. The summed E-state index contributed by atoms with van der Waals surface area (Å²) in [7, 11) is -0.938. The summed E-state index contributed by atoms with van der Waals surface area (Å²) in [4.78, 5) is 0. The van der Waals surface area contributed by atoms with E-state index in [1.165, 1.54) is 16.3 Å². The van der Waals surface area contributed by atoms with Crippen LogP contribution in [0.25, 0.3) is 21.9 Å². The molecule has 5 rings (SSSR count). The molecule has 0 aliphatic carbocycles. The zero-order valence-corrected chi connectivity index (χ0v) is 19.3. The average Bonchev–Trinajstić information content (AvgIpc) is 2.87. The summed E-state index contributed by atoms with van der Waals surface area (Å²) in [5, 5.41) is 2.45. The summed E-state index contributed by atoms with van der Waals surface area (Å²) in [6, 6.07) is 38.4. The number of para-hydroxylation sites is 1. The minimum absolute atomic E-state index is 0.662. The van der Waals surface area contributed by atoms with Crippen molar-refractivity contribution < 1.29 is 14.0 Å². The van der Waals surface area contributed by atoms with Crippen LogP contribution in [0, 0.1) is 13.8 Å². The molecule has 0 saturated carbocycles. The first-order chi connectivity index (χ1) is 16.7. The molecular weight excluding hydrogens is 419 g/mol. The van der Waals surface area contributed by atoms with E-state index in [9.17, 15) is 0 Å². The van der Waals surface area contributed by atoms with E-state index in [1.807, 2.05) is 74.5 Å². The van der Waals surface area contributed by atoms with E-state index >= 15 is 0 Å². The molecule has 0 amide bonds. The second kappa shape index (κ2) is 9.76. The van der Waals surface area contributed by atoms with Crippen molar-refractivity contribution in [1.82, 2.24) is 0 Å². The van der Waals surface area contributed by atoms with Crippen LogP contribution in [0.1, 0.15) is 11.1 Å². The normalized spacial score (nSPS) is 10.6. The highest BCUT2D eigenvalue weighted by Gasteiger charge is 2.30.